The van der Waals surface area contributed by atoms with Crippen LogP contribution in [0.1, 0.15) is 0 Å². The zero-order valence-corrected chi connectivity index (χ0v) is 8.61. The molecule has 16 heavy (non-hydrogen) atoms. The van der Waals surface area contributed by atoms with Crippen molar-refractivity contribution in [1.29, 1.82) is 0 Å². The van der Waals surface area contributed by atoms with Gasteiger partial charge in [-0.2, -0.15) is 4.39 Å². The van der Waals surface area contributed by atoms with Gasteiger partial charge in [-0.3, -0.25) is 10.1 Å². The molecule has 2 N–H and O–H groups in total. The van der Waals surface area contributed by atoms with Crippen LogP contribution >= 0.6 is 0 Å². The molecule has 7 heteroatoms. The number of hydrogen-bond acceptors (Lipinski definition) is 4. The SMILES string of the molecule is CN(CCN)c1cc(F)cc(F)c1[N+](=O)[O-]. The van der Waals surface area contributed by atoms with E-state index in [4.69, 9.17) is 5.73 Å². The summed E-state index contributed by atoms with van der Waals surface area (Å²) in [6.45, 7) is 0.496. The molecule has 0 saturated heterocycles. The molecule has 0 heterocycles. The van der Waals surface area contributed by atoms with E-state index in [-0.39, 0.29) is 18.8 Å². The smallest absolute Gasteiger partial charge is 0.328 e. The number of rotatable bonds is 4. The highest BCUT2D eigenvalue weighted by Crippen LogP contribution is 2.31. The highest BCUT2D eigenvalue weighted by molar-refractivity contribution is 5.63. The number of nitro benzene ring substituents is 1. The van der Waals surface area contributed by atoms with Crippen molar-refractivity contribution >= 4 is 11.4 Å². The Kier molecular flexibility index (Phi) is 3.73. The first kappa shape index (κ1) is 12.3. The summed E-state index contributed by atoms with van der Waals surface area (Å²) in [5.41, 5.74) is 4.41. The normalized spacial score (nSPS) is 10.2. The summed E-state index contributed by atoms with van der Waals surface area (Å²) in [6, 6.07) is 1.40. The molecule has 0 amide bonds. The van der Waals surface area contributed by atoms with E-state index >= 15 is 0 Å². The van der Waals surface area contributed by atoms with Gasteiger partial charge >= 0.3 is 5.69 Å². The topological polar surface area (TPSA) is 72.4 Å². The maximum Gasteiger partial charge on any atom is 0.328 e. The van der Waals surface area contributed by atoms with Crippen LogP contribution in [0.15, 0.2) is 12.1 Å². The molecule has 0 fully saturated rings. The number of benzene rings is 1. The zero-order chi connectivity index (χ0) is 12.3. The van der Waals surface area contributed by atoms with Gasteiger partial charge < -0.3 is 10.6 Å². The minimum atomic E-state index is -1.19. The van der Waals surface area contributed by atoms with Gasteiger partial charge in [0.25, 0.3) is 0 Å². The number of nitrogens with two attached hydrogens (primary N) is 1. The van der Waals surface area contributed by atoms with Crippen molar-refractivity contribution in [2.75, 3.05) is 25.0 Å². The van der Waals surface area contributed by atoms with Crippen LogP contribution in [-0.2, 0) is 0 Å². The van der Waals surface area contributed by atoms with Crippen molar-refractivity contribution in [2.24, 2.45) is 5.73 Å². The highest BCUT2D eigenvalue weighted by Gasteiger charge is 2.24. The molecule has 0 spiro atoms. The van der Waals surface area contributed by atoms with Gasteiger partial charge in [-0.25, -0.2) is 4.39 Å². The Morgan fingerprint density at radius 2 is 2.12 bits per heavy atom. The summed E-state index contributed by atoms with van der Waals surface area (Å²) in [6.07, 6.45) is 0. The predicted molar refractivity (Wildman–Crippen MR) is 55.3 cm³/mol. The molecular weight excluding hydrogens is 220 g/mol. The summed E-state index contributed by atoms with van der Waals surface area (Å²) in [5.74, 6) is -2.05. The highest BCUT2D eigenvalue weighted by atomic mass is 19.1. The minimum absolute atomic E-state index is 0.118. The fraction of sp³-hybridized carbons (Fsp3) is 0.333. The van der Waals surface area contributed by atoms with E-state index in [1.807, 2.05) is 0 Å². The fourth-order valence-electron chi connectivity index (χ4n) is 1.34. The predicted octanol–water partition coefficient (Wildman–Crippen LogP) is 1.27. The Morgan fingerprint density at radius 3 is 2.62 bits per heavy atom. The second-order valence-electron chi connectivity index (χ2n) is 3.22. The molecule has 88 valence electrons. The largest absolute Gasteiger partial charge is 0.368 e. The van der Waals surface area contributed by atoms with E-state index in [2.05, 4.69) is 0 Å². The Hall–Kier alpha value is -1.76. The minimum Gasteiger partial charge on any atom is -0.368 e. The molecule has 0 atom stereocenters. The lowest BCUT2D eigenvalue weighted by Crippen LogP contribution is -2.26. The molecule has 0 radical (unpaired) electrons. The standard InChI is InChI=1S/C9H11F2N3O2/c1-13(3-2-12)8-5-6(10)4-7(11)9(8)14(15)16/h4-5H,2-3,12H2,1H3. The summed E-state index contributed by atoms with van der Waals surface area (Å²) < 4.78 is 26.2. The van der Waals surface area contributed by atoms with E-state index in [1.165, 1.54) is 11.9 Å². The Balaban J connectivity index is 3.29. The molecule has 0 saturated carbocycles. The van der Waals surface area contributed by atoms with Crippen molar-refractivity contribution in [3.8, 4) is 0 Å². The van der Waals surface area contributed by atoms with Crippen molar-refractivity contribution in [3.05, 3.63) is 33.9 Å². The third-order valence-electron chi connectivity index (χ3n) is 2.07. The van der Waals surface area contributed by atoms with E-state index in [1.54, 1.807) is 0 Å². The zero-order valence-electron chi connectivity index (χ0n) is 8.61. The maximum absolute atomic E-state index is 13.2. The van der Waals surface area contributed by atoms with Crippen LogP contribution in [0, 0.1) is 21.7 Å². The van der Waals surface area contributed by atoms with Crippen molar-refractivity contribution < 1.29 is 13.7 Å². The Morgan fingerprint density at radius 1 is 1.50 bits per heavy atom. The van der Waals surface area contributed by atoms with E-state index in [0.717, 1.165) is 6.07 Å². The second-order valence-corrected chi connectivity index (χ2v) is 3.22. The summed E-state index contributed by atoms with van der Waals surface area (Å²) in [5, 5.41) is 10.6. The summed E-state index contributed by atoms with van der Waals surface area (Å²) >= 11 is 0. The van der Waals surface area contributed by atoms with Crippen molar-refractivity contribution in [2.45, 2.75) is 0 Å². The molecule has 1 rings (SSSR count). The Bertz CT molecular complexity index is 412. The van der Waals surface area contributed by atoms with Crippen LogP contribution in [0.4, 0.5) is 20.2 Å². The van der Waals surface area contributed by atoms with Crippen molar-refractivity contribution in [1.82, 2.24) is 0 Å². The van der Waals surface area contributed by atoms with Crippen LogP contribution in [0.5, 0.6) is 0 Å². The number of likely N-dealkylation sites (N-methyl/N-ethyl adjacent to an activating group) is 1. The van der Waals surface area contributed by atoms with Crippen molar-refractivity contribution in [3.63, 3.8) is 0 Å². The van der Waals surface area contributed by atoms with Gasteiger partial charge in [0.1, 0.15) is 11.5 Å². The molecule has 0 aromatic heterocycles. The maximum atomic E-state index is 13.2. The molecule has 5 nitrogen and oxygen atoms in total. The quantitative estimate of drug-likeness (QED) is 0.625. The number of nitrogens with zero attached hydrogens (tertiary/aromatic N) is 2. The number of hydrogen-bond donors (Lipinski definition) is 1. The number of nitro groups is 1. The van der Waals surface area contributed by atoms with Gasteiger partial charge in [-0.15, -0.1) is 0 Å². The van der Waals surface area contributed by atoms with Crippen LogP contribution in [0.2, 0.25) is 0 Å². The van der Waals surface area contributed by atoms with Gasteiger partial charge in [-0.1, -0.05) is 0 Å². The first-order valence-corrected chi connectivity index (χ1v) is 4.52. The number of halogens is 2. The van der Waals surface area contributed by atoms with Crippen LogP contribution < -0.4 is 10.6 Å². The molecule has 0 bridgehead atoms. The lowest BCUT2D eigenvalue weighted by atomic mass is 10.2. The number of anilines is 1. The molecule has 0 aliphatic rings. The van der Waals surface area contributed by atoms with Crippen LogP contribution in [0.3, 0.4) is 0 Å². The summed E-state index contributed by atoms with van der Waals surface area (Å²) in [4.78, 5) is 11.1. The lowest BCUT2D eigenvalue weighted by molar-refractivity contribution is -0.386. The summed E-state index contributed by atoms with van der Waals surface area (Å²) in [7, 11) is 1.48. The third kappa shape index (κ3) is 2.43. The van der Waals surface area contributed by atoms with Gasteiger partial charge in [-0.05, 0) is 0 Å². The van der Waals surface area contributed by atoms with Gasteiger partial charge in [0.05, 0.1) is 4.92 Å². The first-order valence-electron chi connectivity index (χ1n) is 4.52. The van der Waals surface area contributed by atoms with Crippen LogP contribution in [-0.4, -0.2) is 25.1 Å². The van der Waals surface area contributed by atoms with E-state index < -0.39 is 22.2 Å². The van der Waals surface area contributed by atoms with Gasteiger partial charge in [0, 0.05) is 32.3 Å². The molecule has 0 unspecified atom stereocenters. The van der Waals surface area contributed by atoms with Gasteiger partial charge in [0.2, 0.25) is 5.82 Å². The lowest BCUT2D eigenvalue weighted by Gasteiger charge is -2.18. The average molecular weight is 231 g/mol. The second kappa shape index (κ2) is 4.84. The first-order chi connectivity index (χ1) is 7.47. The Labute approximate surface area is 90.6 Å². The molecule has 0 aliphatic carbocycles. The van der Waals surface area contributed by atoms with E-state index in [0.29, 0.717) is 6.07 Å². The molecular formula is C9H11F2N3O2. The van der Waals surface area contributed by atoms with E-state index in [9.17, 15) is 18.9 Å². The third-order valence-corrected chi connectivity index (χ3v) is 2.07. The molecule has 1 aromatic rings. The fourth-order valence-corrected chi connectivity index (χ4v) is 1.34. The van der Waals surface area contributed by atoms with Gasteiger partial charge in [0.15, 0.2) is 0 Å². The monoisotopic (exact) mass is 231 g/mol. The molecule has 1 aromatic carbocycles. The van der Waals surface area contributed by atoms with Crippen LogP contribution in [0.25, 0.3) is 0 Å². The molecule has 0 aliphatic heterocycles. The average Bonchev–Trinajstić information content (AvgIpc) is 2.15.